The molecule has 6 heteroatoms. The van der Waals surface area contributed by atoms with Gasteiger partial charge in [-0.2, -0.15) is 0 Å². The Morgan fingerprint density at radius 2 is 1.93 bits per heavy atom. The van der Waals surface area contributed by atoms with Gasteiger partial charge in [0.2, 0.25) is 0 Å². The molecule has 2 N–H and O–H groups in total. The molecule has 0 radical (unpaired) electrons. The molecule has 152 valence electrons. The van der Waals surface area contributed by atoms with Gasteiger partial charge in [0.25, 0.3) is 5.91 Å². The van der Waals surface area contributed by atoms with Crippen LogP contribution in [0.5, 0.6) is 5.75 Å². The van der Waals surface area contributed by atoms with Crippen molar-refractivity contribution in [1.82, 2.24) is 10.6 Å². The minimum Gasteiger partial charge on any atom is -0.484 e. The molecule has 0 aliphatic carbocycles. The van der Waals surface area contributed by atoms with Crippen LogP contribution < -0.4 is 15.4 Å². The zero-order chi connectivity index (χ0) is 20.4. The van der Waals surface area contributed by atoms with Crippen molar-refractivity contribution in [2.75, 3.05) is 27.3 Å². The summed E-state index contributed by atoms with van der Waals surface area (Å²) in [5.41, 5.74) is 2.31. The minimum absolute atomic E-state index is 0.0297. The molecule has 2 rings (SSSR count). The SMILES string of the molecule is CNC(=O)COc1ccc(CCC(C)NCC(OC)c2cccc(Cl)c2)cc1. The quantitative estimate of drug-likeness (QED) is 0.598. The summed E-state index contributed by atoms with van der Waals surface area (Å²) in [5, 5.41) is 6.78. The van der Waals surface area contributed by atoms with Crippen molar-refractivity contribution >= 4 is 17.5 Å². The second-order valence-corrected chi connectivity index (χ2v) is 7.17. The fraction of sp³-hybridized carbons (Fsp3) is 0.409. The molecule has 2 aromatic rings. The first-order chi connectivity index (χ1) is 13.5. The zero-order valence-electron chi connectivity index (χ0n) is 16.7. The van der Waals surface area contributed by atoms with Gasteiger partial charge in [-0.15, -0.1) is 0 Å². The van der Waals surface area contributed by atoms with E-state index >= 15 is 0 Å². The van der Waals surface area contributed by atoms with Crippen LogP contribution in [0.2, 0.25) is 5.02 Å². The Morgan fingerprint density at radius 1 is 1.18 bits per heavy atom. The fourth-order valence-corrected chi connectivity index (χ4v) is 3.01. The molecule has 0 aliphatic heterocycles. The number of nitrogens with one attached hydrogen (secondary N) is 2. The predicted molar refractivity (Wildman–Crippen MR) is 113 cm³/mol. The molecule has 2 aromatic carbocycles. The van der Waals surface area contributed by atoms with Gasteiger partial charge in [0.15, 0.2) is 6.61 Å². The Hall–Kier alpha value is -2.08. The van der Waals surface area contributed by atoms with E-state index in [2.05, 4.69) is 17.6 Å². The van der Waals surface area contributed by atoms with Crippen molar-refractivity contribution in [3.63, 3.8) is 0 Å². The Labute approximate surface area is 172 Å². The van der Waals surface area contributed by atoms with Gasteiger partial charge >= 0.3 is 0 Å². The number of aryl methyl sites for hydroxylation is 1. The highest BCUT2D eigenvalue weighted by Crippen LogP contribution is 2.20. The van der Waals surface area contributed by atoms with Crippen LogP contribution in [-0.2, 0) is 16.0 Å². The Morgan fingerprint density at radius 3 is 2.57 bits per heavy atom. The standard InChI is InChI=1S/C22H29ClN2O3/c1-16(25-14-21(27-3)18-5-4-6-19(23)13-18)7-8-17-9-11-20(12-10-17)28-15-22(26)24-2/h4-6,9-13,16,21,25H,7-8,14-15H2,1-3H3,(H,24,26). The predicted octanol–water partition coefficient (Wildman–Crippen LogP) is 3.76. The summed E-state index contributed by atoms with van der Waals surface area (Å²) in [5.74, 6) is 0.555. The molecular weight excluding hydrogens is 376 g/mol. The number of carbonyl (C=O) groups excluding carboxylic acids is 1. The minimum atomic E-state index is -0.142. The summed E-state index contributed by atoms with van der Waals surface area (Å²) < 4.78 is 11.0. The summed E-state index contributed by atoms with van der Waals surface area (Å²) in [7, 11) is 3.31. The molecule has 0 heterocycles. The molecule has 1 amide bonds. The maximum absolute atomic E-state index is 11.2. The average molecular weight is 405 g/mol. The zero-order valence-corrected chi connectivity index (χ0v) is 17.5. The van der Waals surface area contributed by atoms with Crippen LogP contribution in [0.25, 0.3) is 0 Å². The number of amides is 1. The van der Waals surface area contributed by atoms with Gasteiger partial charge in [0.1, 0.15) is 5.75 Å². The topological polar surface area (TPSA) is 59.6 Å². The molecule has 2 atom stereocenters. The summed E-state index contributed by atoms with van der Waals surface area (Å²) >= 11 is 6.08. The molecule has 0 saturated heterocycles. The highest BCUT2D eigenvalue weighted by Gasteiger charge is 2.12. The van der Waals surface area contributed by atoms with Gasteiger partial charge < -0.3 is 20.1 Å². The number of benzene rings is 2. The van der Waals surface area contributed by atoms with E-state index in [-0.39, 0.29) is 18.6 Å². The monoisotopic (exact) mass is 404 g/mol. The number of rotatable bonds is 11. The van der Waals surface area contributed by atoms with E-state index in [0.717, 1.165) is 30.0 Å². The lowest BCUT2D eigenvalue weighted by atomic mass is 10.1. The van der Waals surface area contributed by atoms with Crippen LogP contribution >= 0.6 is 11.6 Å². The summed E-state index contributed by atoms with van der Waals surface area (Å²) in [6.45, 7) is 2.93. The largest absolute Gasteiger partial charge is 0.484 e. The van der Waals surface area contributed by atoms with E-state index in [9.17, 15) is 4.79 Å². The third-order valence-corrected chi connectivity index (χ3v) is 4.83. The maximum atomic E-state index is 11.2. The molecular formula is C22H29ClN2O3. The highest BCUT2D eigenvalue weighted by molar-refractivity contribution is 6.30. The number of methoxy groups -OCH3 is 1. The normalized spacial score (nSPS) is 13.0. The van der Waals surface area contributed by atoms with Crippen LogP contribution in [0.3, 0.4) is 0 Å². The van der Waals surface area contributed by atoms with Gasteiger partial charge in [-0.25, -0.2) is 0 Å². The van der Waals surface area contributed by atoms with E-state index < -0.39 is 0 Å². The van der Waals surface area contributed by atoms with Gasteiger partial charge in [0.05, 0.1) is 6.10 Å². The molecule has 0 saturated carbocycles. The van der Waals surface area contributed by atoms with Crippen LogP contribution in [0.4, 0.5) is 0 Å². The van der Waals surface area contributed by atoms with Crippen molar-refractivity contribution in [3.8, 4) is 5.75 Å². The molecule has 0 spiro atoms. The summed E-state index contributed by atoms with van der Waals surface area (Å²) in [6, 6.07) is 16.0. The van der Waals surface area contributed by atoms with Crippen molar-refractivity contribution in [3.05, 3.63) is 64.7 Å². The molecule has 0 fully saturated rings. The smallest absolute Gasteiger partial charge is 0.257 e. The molecule has 2 unspecified atom stereocenters. The third-order valence-electron chi connectivity index (χ3n) is 4.59. The number of halogens is 1. The highest BCUT2D eigenvalue weighted by atomic mass is 35.5. The molecule has 0 aliphatic rings. The first-order valence-electron chi connectivity index (χ1n) is 9.45. The van der Waals surface area contributed by atoms with Crippen LogP contribution in [0, 0.1) is 0 Å². The number of hydrogen-bond acceptors (Lipinski definition) is 4. The van der Waals surface area contributed by atoms with Crippen molar-refractivity contribution in [2.24, 2.45) is 0 Å². The Kier molecular flexibility index (Phi) is 9.28. The maximum Gasteiger partial charge on any atom is 0.257 e. The van der Waals surface area contributed by atoms with Crippen molar-refractivity contribution in [1.29, 1.82) is 0 Å². The molecule has 0 aromatic heterocycles. The number of carbonyl (C=O) groups is 1. The number of ether oxygens (including phenoxy) is 2. The van der Waals surface area contributed by atoms with Gasteiger partial charge in [0, 0.05) is 31.8 Å². The van der Waals surface area contributed by atoms with Crippen LogP contribution in [0.15, 0.2) is 48.5 Å². The van der Waals surface area contributed by atoms with Crippen LogP contribution in [-0.4, -0.2) is 39.3 Å². The van der Waals surface area contributed by atoms with E-state index in [0.29, 0.717) is 11.8 Å². The van der Waals surface area contributed by atoms with Crippen LogP contribution in [0.1, 0.15) is 30.6 Å². The first-order valence-corrected chi connectivity index (χ1v) is 9.83. The number of hydrogen-bond donors (Lipinski definition) is 2. The second kappa shape index (κ2) is 11.7. The van der Waals surface area contributed by atoms with E-state index in [1.165, 1.54) is 5.56 Å². The van der Waals surface area contributed by atoms with E-state index in [1.54, 1.807) is 14.2 Å². The lowest BCUT2D eigenvalue weighted by Gasteiger charge is -2.20. The third kappa shape index (κ3) is 7.50. The molecule has 5 nitrogen and oxygen atoms in total. The Bertz CT molecular complexity index is 737. The summed E-state index contributed by atoms with van der Waals surface area (Å²) in [6.07, 6.45) is 1.93. The lowest BCUT2D eigenvalue weighted by molar-refractivity contribution is -0.122. The van der Waals surface area contributed by atoms with Gasteiger partial charge in [-0.1, -0.05) is 35.9 Å². The van der Waals surface area contributed by atoms with Gasteiger partial charge in [-0.3, -0.25) is 4.79 Å². The first kappa shape index (κ1) is 22.2. The molecule has 0 bridgehead atoms. The van der Waals surface area contributed by atoms with Crippen molar-refractivity contribution < 1.29 is 14.3 Å². The molecule has 28 heavy (non-hydrogen) atoms. The van der Waals surface area contributed by atoms with E-state index in [1.807, 2.05) is 48.5 Å². The van der Waals surface area contributed by atoms with Crippen molar-refractivity contribution in [2.45, 2.75) is 31.9 Å². The average Bonchev–Trinajstić information content (AvgIpc) is 2.71. The van der Waals surface area contributed by atoms with Gasteiger partial charge in [-0.05, 0) is 55.2 Å². The van der Waals surface area contributed by atoms with E-state index in [4.69, 9.17) is 21.1 Å². The Balaban J connectivity index is 1.75. The number of likely N-dealkylation sites (N-methyl/N-ethyl adjacent to an activating group) is 1. The fourth-order valence-electron chi connectivity index (χ4n) is 2.81. The lowest BCUT2D eigenvalue weighted by Crippen LogP contribution is -2.31. The summed E-state index contributed by atoms with van der Waals surface area (Å²) in [4.78, 5) is 11.2. The second-order valence-electron chi connectivity index (χ2n) is 6.73.